The van der Waals surface area contributed by atoms with E-state index in [2.05, 4.69) is 27.7 Å². The summed E-state index contributed by atoms with van der Waals surface area (Å²) in [5.74, 6) is 3.67. The predicted octanol–water partition coefficient (Wildman–Crippen LogP) is 7.81. The Balaban J connectivity index is 1.51. The van der Waals surface area contributed by atoms with Crippen molar-refractivity contribution in [2.75, 3.05) is 13.2 Å². The number of halogens is 2. The topological polar surface area (TPSA) is 61.8 Å². The first-order valence-corrected chi connectivity index (χ1v) is 14.2. The van der Waals surface area contributed by atoms with Crippen molar-refractivity contribution in [3.8, 4) is 0 Å². The van der Waals surface area contributed by atoms with E-state index in [1.165, 1.54) is 25.7 Å². The molecule has 4 aliphatic rings. The van der Waals surface area contributed by atoms with E-state index >= 15 is 0 Å². The van der Waals surface area contributed by atoms with E-state index in [1.807, 2.05) is 0 Å². The SMILES string of the molecule is CC[C@@H](C)[C@H]1CC[C@H]2[C@@H]3CC[C@@H]4C[C@H](OCCOC(=O)Cl)CC[C@]4(C)[C@H]3C[C@H](OC(=O)Cl)[C@]12C. The summed E-state index contributed by atoms with van der Waals surface area (Å²) >= 11 is 11.1. The lowest BCUT2D eigenvalue weighted by Crippen LogP contribution is -2.59. The Morgan fingerprint density at radius 2 is 1.74 bits per heavy atom. The van der Waals surface area contributed by atoms with Crippen LogP contribution in [0.5, 0.6) is 0 Å². The lowest BCUT2D eigenvalue weighted by molar-refractivity contribution is -0.176. The zero-order chi connectivity index (χ0) is 24.7. The van der Waals surface area contributed by atoms with Crippen molar-refractivity contribution in [3.05, 3.63) is 0 Å². The normalized spacial score (nSPS) is 44.4. The van der Waals surface area contributed by atoms with Crippen molar-refractivity contribution in [3.63, 3.8) is 0 Å². The summed E-state index contributed by atoms with van der Waals surface area (Å²) in [6.07, 6.45) is 10.4. The molecule has 34 heavy (non-hydrogen) atoms. The third-order valence-corrected chi connectivity index (χ3v) is 11.2. The molecule has 10 atom stereocenters. The lowest BCUT2D eigenvalue weighted by Gasteiger charge is -2.62. The van der Waals surface area contributed by atoms with Gasteiger partial charge in [-0.2, -0.15) is 0 Å². The Labute approximate surface area is 214 Å². The molecule has 4 rings (SSSR count). The summed E-state index contributed by atoms with van der Waals surface area (Å²) in [6, 6.07) is 0. The second kappa shape index (κ2) is 10.5. The molecular weight excluding hydrogens is 475 g/mol. The maximum absolute atomic E-state index is 12.0. The van der Waals surface area contributed by atoms with Crippen LogP contribution in [0.15, 0.2) is 0 Å². The standard InChI is InChI=1S/C27H42Cl2O5/c1-5-16(2)20-8-9-21-19-7-6-17-14-18(32-12-13-33-24(28)30)10-11-26(17,3)22(19)15-23(27(20,21)4)34-25(29)31/h16-23H,5-15H2,1-4H3/t16-,17-,18-,19+,20-,21+,22+,23+,26+,27-/m1/s1. The second-order valence-corrected chi connectivity index (χ2v) is 12.6. The van der Waals surface area contributed by atoms with E-state index in [0.717, 1.165) is 32.1 Å². The Bertz CT molecular complexity index is 761. The predicted molar refractivity (Wildman–Crippen MR) is 133 cm³/mol. The number of rotatable bonds is 7. The number of hydrogen-bond acceptors (Lipinski definition) is 5. The van der Waals surface area contributed by atoms with Gasteiger partial charge >= 0.3 is 10.9 Å². The summed E-state index contributed by atoms with van der Waals surface area (Å²) in [6.45, 7) is 10.1. The summed E-state index contributed by atoms with van der Waals surface area (Å²) < 4.78 is 16.8. The van der Waals surface area contributed by atoms with Crippen molar-refractivity contribution >= 4 is 34.1 Å². The molecule has 0 aromatic carbocycles. The first-order chi connectivity index (χ1) is 16.1. The van der Waals surface area contributed by atoms with Crippen molar-refractivity contribution in [1.82, 2.24) is 0 Å². The number of ether oxygens (including phenoxy) is 3. The van der Waals surface area contributed by atoms with Crippen LogP contribution in [0.3, 0.4) is 0 Å². The largest absolute Gasteiger partial charge is 0.451 e. The third-order valence-electron chi connectivity index (χ3n) is 11.0. The zero-order valence-electron chi connectivity index (χ0n) is 21.2. The quantitative estimate of drug-likeness (QED) is 0.255. The summed E-state index contributed by atoms with van der Waals surface area (Å²) in [4.78, 5) is 22.8. The molecule has 0 aliphatic heterocycles. The van der Waals surface area contributed by atoms with E-state index in [4.69, 9.17) is 37.4 Å². The molecule has 0 unspecified atom stereocenters. The average molecular weight is 518 g/mol. The van der Waals surface area contributed by atoms with Crippen LogP contribution >= 0.6 is 23.2 Å². The van der Waals surface area contributed by atoms with Crippen LogP contribution in [0, 0.1) is 46.3 Å². The minimum Gasteiger partial charge on any atom is -0.451 e. The van der Waals surface area contributed by atoms with Crippen LogP contribution < -0.4 is 0 Å². The van der Waals surface area contributed by atoms with Gasteiger partial charge in [-0.1, -0.05) is 34.1 Å². The number of carbonyl (C=O) groups excluding carboxylic acids is 2. The monoisotopic (exact) mass is 516 g/mol. The van der Waals surface area contributed by atoms with Crippen LogP contribution in [0.25, 0.3) is 0 Å². The summed E-state index contributed by atoms with van der Waals surface area (Å²) in [5.41, 5.74) is -1.18. The number of fused-ring (bicyclic) bond motifs is 5. The Kier molecular flexibility index (Phi) is 8.16. The van der Waals surface area contributed by atoms with E-state index in [-0.39, 0.29) is 29.6 Å². The first kappa shape index (κ1) is 26.5. The maximum atomic E-state index is 12.0. The Morgan fingerprint density at radius 3 is 2.41 bits per heavy atom. The molecule has 4 aliphatic carbocycles. The van der Waals surface area contributed by atoms with Crippen molar-refractivity contribution in [2.45, 2.75) is 97.7 Å². The molecule has 4 saturated carbocycles. The highest BCUT2D eigenvalue weighted by molar-refractivity contribution is 6.61. The fraction of sp³-hybridized carbons (Fsp3) is 0.926. The molecule has 0 saturated heterocycles. The van der Waals surface area contributed by atoms with Gasteiger partial charge in [-0.3, -0.25) is 0 Å². The third kappa shape index (κ3) is 4.75. The first-order valence-electron chi connectivity index (χ1n) is 13.4. The van der Waals surface area contributed by atoms with Gasteiger partial charge in [-0.15, -0.1) is 0 Å². The van der Waals surface area contributed by atoms with Gasteiger partial charge in [-0.05, 0) is 92.3 Å². The highest BCUT2D eigenvalue weighted by Crippen LogP contribution is 2.69. The summed E-state index contributed by atoms with van der Waals surface area (Å²) in [5, 5.41) is 0. The van der Waals surface area contributed by atoms with Crippen LogP contribution in [-0.4, -0.2) is 36.3 Å². The highest BCUT2D eigenvalue weighted by Gasteiger charge is 2.65. The number of carbonyl (C=O) groups is 2. The van der Waals surface area contributed by atoms with Crippen molar-refractivity contribution < 1.29 is 23.8 Å². The molecule has 0 spiro atoms. The van der Waals surface area contributed by atoms with Gasteiger partial charge in [0, 0.05) is 28.6 Å². The summed E-state index contributed by atoms with van der Waals surface area (Å²) in [7, 11) is 0. The Hall–Kier alpha value is -0.520. The van der Waals surface area contributed by atoms with Crippen LogP contribution in [0.2, 0.25) is 0 Å². The van der Waals surface area contributed by atoms with Gasteiger partial charge in [0.05, 0.1) is 12.7 Å². The van der Waals surface area contributed by atoms with Crippen LogP contribution in [0.1, 0.15) is 85.5 Å². The molecule has 0 heterocycles. The van der Waals surface area contributed by atoms with Crippen LogP contribution in [0.4, 0.5) is 9.59 Å². The molecule has 0 N–H and O–H groups in total. The van der Waals surface area contributed by atoms with Gasteiger partial charge in [0.25, 0.3) is 0 Å². The van der Waals surface area contributed by atoms with Crippen molar-refractivity contribution in [1.29, 1.82) is 0 Å². The lowest BCUT2D eigenvalue weighted by atomic mass is 9.43. The van der Waals surface area contributed by atoms with Gasteiger partial charge in [0.2, 0.25) is 0 Å². The molecule has 7 heteroatoms. The van der Waals surface area contributed by atoms with Crippen LogP contribution in [-0.2, 0) is 14.2 Å². The number of hydrogen-bond donors (Lipinski definition) is 0. The molecule has 0 aromatic heterocycles. The molecule has 0 bridgehead atoms. The fourth-order valence-corrected chi connectivity index (χ4v) is 9.36. The smallest absolute Gasteiger partial charge is 0.404 e. The molecule has 194 valence electrons. The second-order valence-electron chi connectivity index (χ2n) is 12.0. The van der Waals surface area contributed by atoms with E-state index in [9.17, 15) is 9.59 Å². The maximum Gasteiger partial charge on any atom is 0.404 e. The molecular formula is C27H42Cl2O5. The van der Waals surface area contributed by atoms with E-state index in [0.29, 0.717) is 42.1 Å². The van der Waals surface area contributed by atoms with E-state index < -0.39 is 10.9 Å². The highest BCUT2D eigenvalue weighted by atomic mass is 35.5. The molecule has 5 nitrogen and oxygen atoms in total. The molecule has 4 fully saturated rings. The van der Waals surface area contributed by atoms with Gasteiger partial charge in [0.1, 0.15) is 12.7 Å². The fourth-order valence-electron chi connectivity index (χ4n) is 9.18. The Morgan fingerprint density at radius 1 is 0.971 bits per heavy atom. The van der Waals surface area contributed by atoms with E-state index in [1.54, 1.807) is 0 Å². The van der Waals surface area contributed by atoms with Gasteiger partial charge in [0.15, 0.2) is 0 Å². The molecule has 0 amide bonds. The zero-order valence-corrected chi connectivity index (χ0v) is 22.7. The average Bonchev–Trinajstić information content (AvgIpc) is 3.14. The molecule has 0 aromatic rings. The minimum absolute atomic E-state index is 0.0184. The molecule has 0 radical (unpaired) electrons. The van der Waals surface area contributed by atoms with Gasteiger partial charge in [-0.25, -0.2) is 9.59 Å². The van der Waals surface area contributed by atoms with Gasteiger partial charge < -0.3 is 14.2 Å². The minimum atomic E-state index is -0.780. The van der Waals surface area contributed by atoms with Crippen molar-refractivity contribution in [2.24, 2.45) is 46.3 Å².